The Bertz CT molecular complexity index is 1180. The molecule has 3 aliphatic heterocycles. The Morgan fingerprint density at radius 3 is 2.67 bits per heavy atom. The molecule has 3 fully saturated rings. The first-order valence-corrected chi connectivity index (χ1v) is 12.9. The van der Waals surface area contributed by atoms with Crippen LogP contribution in [0, 0.1) is 5.92 Å². The third-order valence-electron chi connectivity index (χ3n) is 7.28. The van der Waals surface area contributed by atoms with Crippen LogP contribution in [0.1, 0.15) is 51.5 Å². The highest BCUT2D eigenvalue weighted by molar-refractivity contribution is 6.08. The molecule has 36 heavy (non-hydrogen) atoms. The molecule has 10 nitrogen and oxygen atoms in total. The van der Waals surface area contributed by atoms with Crippen LogP contribution in [0.3, 0.4) is 0 Å². The average Bonchev–Trinajstić information content (AvgIpc) is 3.10. The monoisotopic (exact) mass is 496 g/mol. The zero-order valence-corrected chi connectivity index (χ0v) is 21.6. The van der Waals surface area contributed by atoms with E-state index in [0.29, 0.717) is 24.2 Å². The summed E-state index contributed by atoms with van der Waals surface area (Å²) in [6.45, 7) is 10.6. The summed E-state index contributed by atoms with van der Waals surface area (Å²) in [5.41, 5.74) is 1.78. The highest BCUT2D eigenvalue weighted by Gasteiger charge is 2.34. The molecule has 0 saturated carbocycles. The van der Waals surface area contributed by atoms with Crippen LogP contribution in [0.25, 0.3) is 10.9 Å². The Morgan fingerprint density at radius 2 is 1.94 bits per heavy atom. The fraction of sp³-hybridized carbons (Fsp3) is 0.615. The van der Waals surface area contributed by atoms with Crippen molar-refractivity contribution in [1.82, 2.24) is 24.9 Å². The molecule has 1 aromatic heterocycles. The fourth-order valence-electron chi connectivity index (χ4n) is 5.48. The third kappa shape index (κ3) is 5.04. The normalized spacial score (nSPS) is 22.1. The van der Waals surface area contributed by atoms with Crippen molar-refractivity contribution in [1.29, 1.82) is 0 Å². The number of piperidine rings is 1. The van der Waals surface area contributed by atoms with E-state index < -0.39 is 11.6 Å². The van der Waals surface area contributed by atoms with E-state index in [2.05, 4.69) is 27.4 Å². The molecule has 0 spiro atoms. The molecule has 3 saturated heterocycles. The van der Waals surface area contributed by atoms with E-state index in [1.807, 2.05) is 43.5 Å². The lowest BCUT2D eigenvalue weighted by atomic mass is 9.88. The van der Waals surface area contributed by atoms with Crippen molar-refractivity contribution in [2.45, 2.75) is 51.6 Å². The van der Waals surface area contributed by atoms with Gasteiger partial charge in [0.1, 0.15) is 5.60 Å². The van der Waals surface area contributed by atoms with Crippen molar-refractivity contribution < 1.29 is 19.1 Å². The van der Waals surface area contributed by atoms with Crippen molar-refractivity contribution >= 4 is 34.8 Å². The van der Waals surface area contributed by atoms with Crippen LogP contribution in [-0.4, -0.2) is 82.5 Å². The first-order chi connectivity index (χ1) is 17.1. The van der Waals surface area contributed by atoms with Gasteiger partial charge in [0, 0.05) is 64.0 Å². The predicted octanol–water partition coefficient (Wildman–Crippen LogP) is 3.07. The number of benzene rings is 1. The van der Waals surface area contributed by atoms with Crippen LogP contribution >= 0.6 is 0 Å². The number of fused-ring (bicyclic) bond motifs is 1. The second kappa shape index (κ2) is 9.38. The minimum absolute atomic E-state index is 0.203. The van der Waals surface area contributed by atoms with Crippen molar-refractivity contribution in [3.63, 3.8) is 0 Å². The van der Waals surface area contributed by atoms with Gasteiger partial charge in [0.15, 0.2) is 5.82 Å². The highest BCUT2D eigenvalue weighted by atomic mass is 16.6. The number of amides is 4. The van der Waals surface area contributed by atoms with E-state index >= 15 is 0 Å². The van der Waals surface area contributed by atoms with Crippen molar-refractivity contribution in [2.24, 2.45) is 13.0 Å². The highest BCUT2D eigenvalue weighted by Crippen LogP contribution is 2.34. The van der Waals surface area contributed by atoms with Crippen molar-refractivity contribution in [3.8, 4) is 0 Å². The van der Waals surface area contributed by atoms with Crippen LogP contribution in [0.2, 0.25) is 0 Å². The smallest absolute Gasteiger partial charge is 0.410 e. The lowest BCUT2D eigenvalue weighted by Gasteiger charge is -2.43. The van der Waals surface area contributed by atoms with Gasteiger partial charge < -0.3 is 14.5 Å². The second-order valence-electron chi connectivity index (χ2n) is 11.3. The van der Waals surface area contributed by atoms with E-state index in [9.17, 15) is 14.4 Å². The molecule has 0 bridgehead atoms. The summed E-state index contributed by atoms with van der Waals surface area (Å²) in [7, 11) is 1.88. The van der Waals surface area contributed by atoms with Crippen LogP contribution < -0.4 is 10.2 Å². The maximum Gasteiger partial charge on any atom is 0.410 e. The first kappa shape index (κ1) is 24.5. The van der Waals surface area contributed by atoms with Gasteiger partial charge >= 0.3 is 12.1 Å². The summed E-state index contributed by atoms with van der Waals surface area (Å²) in [6, 6.07) is 5.93. The number of anilines is 1. The Morgan fingerprint density at radius 1 is 1.17 bits per heavy atom. The number of urea groups is 1. The van der Waals surface area contributed by atoms with Gasteiger partial charge in [-0.3, -0.25) is 19.7 Å². The molecule has 194 valence electrons. The van der Waals surface area contributed by atoms with Gasteiger partial charge in [0.2, 0.25) is 5.91 Å². The number of ether oxygens (including phenoxy) is 1. The number of aromatic nitrogens is 2. The van der Waals surface area contributed by atoms with E-state index in [-0.39, 0.29) is 18.4 Å². The number of imide groups is 1. The molecule has 1 N–H and O–H groups in total. The lowest BCUT2D eigenvalue weighted by Crippen LogP contribution is -2.50. The van der Waals surface area contributed by atoms with Gasteiger partial charge in [0.05, 0.1) is 5.52 Å². The summed E-state index contributed by atoms with van der Waals surface area (Å²) >= 11 is 0. The summed E-state index contributed by atoms with van der Waals surface area (Å²) in [6.07, 6.45) is 2.23. The number of carbonyl (C=O) groups is 3. The molecular formula is C26H36N6O4. The van der Waals surface area contributed by atoms with Gasteiger partial charge in [0.25, 0.3) is 0 Å². The number of aryl methyl sites for hydroxylation is 1. The van der Waals surface area contributed by atoms with E-state index in [1.54, 1.807) is 4.90 Å². The molecule has 1 unspecified atom stereocenters. The summed E-state index contributed by atoms with van der Waals surface area (Å²) in [5, 5.41) is 7.87. The molecule has 4 heterocycles. The molecular weight excluding hydrogens is 460 g/mol. The van der Waals surface area contributed by atoms with Gasteiger partial charge in [-0.15, -0.1) is 0 Å². The maximum absolute atomic E-state index is 12.5. The quantitative estimate of drug-likeness (QED) is 0.698. The van der Waals surface area contributed by atoms with E-state index in [4.69, 9.17) is 4.74 Å². The Balaban J connectivity index is 1.19. The van der Waals surface area contributed by atoms with Crippen LogP contribution in [0.5, 0.6) is 0 Å². The zero-order chi connectivity index (χ0) is 25.6. The molecule has 2 aromatic rings. The number of nitrogens with zero attached hydrogens (tertiary/aromatic N) is 5. The van der Waals surface area contributed by atoms with Gasteiger partial charge in [-0.05, 0) is 57.2 Å². The Kier molecular flexibility index (Phi) is 6.40. The van der Waals surface area contributed by atoms with Crippen molar-refractivity contribution in [3.05, 3.63) is 23.8 Å². The maximum atomic E-state index is 12.5. The standard InChI is InChI=1S/C26H36N6O4/c1-26(2,3)36-25(35)31-10-5-6-17(14-31)13-30-15-19(16-30)18-7-8-20-21(12-18)29(4)28-23(20)32-11-9-22(33)27-24(32)34/h7-8,12,17,19H,5-6,9-11,13-16H2,1-4H3,(H,27,33,34). The van der Waals surface area contributed by atoms with Crippen LogP contribution in [0.4, 0.5) is 15.4 Å². The number of rotatable bonds is 4. The molecule has 1 atom stereocenters. The summed E-state index contributed by atoms with van der Waals surface area (Å²) in [5.74, 6) is 1.26. The summed E-state index contributed by atoms with van der Waals surface area (Å²) < 4.78 is 7.37. The second-order valence-corrected chi connectivity index (χ2v) is 11.3. The van der Waals surface area contributed by atoms with Gasteiger partial charge in [-0.1, -0.05) is 6.07 Å². The SMILES string of the molecule is Cn1nc(N2CCC(=O)NC2=O)c2ccc(C3CN(CC4CCCN(C(=O)OC(C)(C)C)C4)C3)cc21. The molecule has 4 amide bonds. The van der Waals surface area contributed by atoms with Crippen LogP contribution in [-0.2, 0) is 16.6 Å². The molecule has 3 aliphatic rings. The largest absolute Gasteiger partial charge is 0.444 e. The minimum Gasteiger partial charge on any atom is -0.444 e. The number of carbonyl (C=O) groups excluding carboxylic acids is 3. The Hall–Kier alpha value is -3.14. The zero-order valence-electron chi connectivity index (χ0n) is 21.6. The number of hydrogen-bond acceptors (Lipinski definition) is 6. The van der Waals surface area contributed by atoms with Gasteiger partial charge in [-0.25, -0.2) is 9.59 Å². The first-order valence-electron chi connectivity index (χ1n) is 12.9. The predicted molar refractivity (Wildman–Crippen MR) is 136 cm³/mol. The number of nitrogens with one attached hydrogen (secondary N) is 1. The number of hydrogen-bond donors (Lipinski definition) is 1. The molecule has 0 radical (unpaired) electrons. The number of likely N-dealkylation sites (tertiary alicyclic amines) is 2. The van der Waals surface area contributed by atoms with Gasteiger partial charge in [-0.2, -0.15) is 5.10 Å². The fourth-order valence-corrected chi connectivity index (χ4v) is 5.48. The Labute approximate surface area is 211 Å². The molecule has 5 rings (SSSR count). The summed E-state index contributed by atoms with van der Waals surface area (Å²) in [4.78, 5) is 42.2. The average molecular weight is 497 g/mol. The topological polar surface area (TPSA) is 100 Å². The van der Waals surface area contributed by atoms with Crippen LogP contribution in [0.15, 0.2) is 18.2 Å². The lowest BCUT2D eigenvalue weighted by molar-refractivity contribution is -0.120. The minimum atomic E-state index is -0.469. The third-order valence-corrected chi connectivity index (χ3v) is 7.28. The van der Waals surface area contributed by atoms with Crippen molar-refractivity contribution in [2.75, 3.05) is 44.2 Å². The molecule has 10 heteroatoms. The van der Waals surface area contributed by atoms with E-state index in [1.165, 1.54) is 5.56 Å². The molecule has 0 aliphatic carbocycles. The van der Waals surface area contributed by atoms with E-state index in [0.717, 1.165) is 56.5 Å². The molecule has 1 aromatic carbocycles.